The number of aromatic nitrogens is 1. The van der Waals surface area contributed by atoms with Gasteiger partial charge in [-0.1, -0.05) is 72.8 Å². The highest BCUT2D eigenvalue weighted by Gasteiger charge is 2.24. The van der Waals surface area contributed by atoms with Crippen molar-refractivity contribution >= 4 is 22.7 Å². The Kier molecular flexibility index (Phi) is 6.36. The largest absolute Gasteiger partial charge is 0.361 e. The molecule has 0 aliphatic heterocycles. The molecule has 4 rings (SSSR count). The van der Waals surface area contributed by atoms with Gasteiger partial charge in [0.2, 0.25) is 11.8 Å². The van der Waals surface area contributed by atoms with Gasteiger partial charge in [-0.05, 0) is 28.3 Å². The zero-order valence-corrected chi connectivity index (χ0v) is 18.3. The highest BCUT2D eigenvalue weighted by atomic mass is 16.2. The lowest BCUT2D eigenvalue weighted by Gasteiger charge is -2.24. The van der Waals surface area contributed by atoms with Crippen LogP contribution in [0.15, 0.2) is 85.1 Å². The monoisotopic (exact) mass is 425 g/mol. The average Bonchev–Trinajstić information content (AvgIpc) is 3.22. The SMILES string of the molecule is CC(=O)NC(Cc1c[nH]c2ccccc12)C(=O)N(C)Cc1ccc(-c2ccccc2)cc1. The maximum Gasteiger partial charge on any atom is 0.245 e. The van der Waals surface area contributed by atoms with E-state index in [-0.39, 0.29) is 11.8 Å². The van der Waals surface area contributed by atoms with E-state index in [1.54, 1.807) is 11.9 Å². The maximum atomic E-state index is 13.2. The summed E-state index contributed by atoms with van der Waals surface area (Å²) in [4.78, 5) is 30.0. The van der Waals surface area contributed by atoms with E-state index in [0.29, 0.717) is 13.0 Å². The minimum atomic E-state index is -0.625. The molecular formula is C27H27N3O2. The maximum absolute atomic E-state index is 13.2. The first-order valence-electron chi connectivity index (χ1n) is 10.7. The fourth-order valence-electron chi connectivity index (χ4n) is 4.02. The standard InChI is InChI=1S/C27H27N3O2/c1-19(31)29-26(16-23-17-28-25-11-7-6-10-24(23)25)27(32)30(2)18-20-12-14-22(15-13-20)21-8-4-3-5-9-21/h3-15,17,26,28H,16,18H2,1-2H3,(H,29,31). The van der Waals surface area contributed by atoms with E-state index in [9.17, 15) is 9.59 Å². The number of para-hydroxylation sites is 1. The third-order valence-electron chi connectivity index (χ3n) is 5.63. The van der Waals surface area contributed by atoms with Gasteiger partial charge in [-0.3, -0.25) is 9.59 Å². The molecule has 32 heavy (non-hydrogen) atoms. The summed E-state index contributed by atoms with van der Waals surface area (Å²) in [6.07, 6.45) is 2.34. The highest BCUT2D eigenvalue weighted by Crippen LogP contribution is 2.21. The zero-order valence-electron chi connectivity index (χ0n) is 18.3. The van der Waals surface area contributed by atoms with Crippen LogP contribution >= 0.6 is 0 Å². The summed E-state index contributed by atoms with van der Waals surface area (Å²) in [5, 5.41) is 3.90. The Morgan fingerprint density at radius 1 is 0.906 bits per heavy atom. The Morgan fingerprint density at radius 2 is 1.56 bits per heavy atom. The van der Waals surface area contributed by atoms with Crippen LogP contribution in [0.1, 0.15) is 18.1 Å². The normalized spacial score (nSPS) is 11.8. The van der Waals surface area contributed by atoms with Crippen molar-refractivity contribution in [2.75, 3.05) is 7.05 Å². The number of likely N-dealkylation sites (N-methyl/N-ethyl adjacent to an activating group) is 1. The lowest BCUT2D eigenvalue weighted by atomic mass is 10.0. The molecule has 0 fully saturated rings. The van der Waals surface area contributed by atoms with Crippen LogP contribution in [0.2, 0.25) is 0 Å². The van der Waals surface area contributed by atoms with Crippen LogP contribution in [-0.4, -0.2) is 34.8 Å². The topological polar surface area (TPSA) is 65.2 Å². The molecule has 4 aromatic rings. The zero-order chi connectivity index (χ0) is 22.5. The third kappa shape index (κ3) is 4.89. The second-order valence-electron chi connectivity index (χ2n) is 8.07. The summed E-state index contributed by atoms with van der Waals surface area (Å²) in [6.45, 7) is 1.91. The molecule has 2 amide bonds. The van der Waals surface area contributed by atoms with Crippen LogP contribution in [0.4, 0.5) is 0 Å². The number of benzene rings is 3. The van der Waals surface area contributed by atoms with Crippen molar-refractivity contribution in [2.24, 2.45) is 0 Å². The summed E-state index contributed by atoms with van der Waals surface area (Å²) in [6, 6.07) is 25.8. The number of hydrogen-bond acceptors (Lipinski definition) is 2. The van der Waals surface area contributed by atoms with Gasteiger partial charge in [-0.25, -0.2) is 0 Å². The van der Waals surface area contributed by atoms with Crippen LogP contribution in [0, 0.1) is 0 Å². The number of hydrogen-bond donors (Lipinski definition) is 2. The molecule has 1 unspecified atom stereocenters. The summed E-state index contributed by atoms with van der Waals surface area (Å²) < 4.78 is 0. The van der Waals surface area contributed by atoms with Gasteiger partial charge in [0.05, 0.1) is 0 Å². The molecule has 1 atom stereocenters. The van der Waals surface area contributed by atoms with Crippen molar-refractivity contribution in [1.29, 1.82) is 0 Å². The van der Waals surface area contributed by atoms with Gasteiger partial charge in [-0.2, -0.15) is 0 Å². The smallest absolute Gasteiger partial charge is 0.245 e. The quantitative estimate of drug-likeness (QED) is 0.457. The van der Waals surface area contributed by atoms with Crippen molar-refractivity contribution in [3.8, 4) is 11.1 Å². The van der Waals surface area contributed by atoms with Gasteiger partial charge in [0.1, 0.15) is 6.04 Å². The number of nitrogens with one attached hydrogen (secondary N) is 2. The molecule has 0 bridgehead atoms. The Balaban J connectivity index is 1.47. The molecule has 5 nitrogen and oxygen atoms in total. The number of H-pyrrole nitrogens is 1. The molecule has 0 radical (unpaired) electrons. The first kappa shape index (κ1) is 21.4. The minimum absolute atomic E-state index is 0.113. The number of carbonyl (C=O) groups excluding carboxylic acids is 2. The molecule has 0 spiro atoms. The molecule has 1 aromatic heterocycles. The molecule has 0 aliphatic carbocycles. The Hall–Kier alpha value is -3.86. The molecule has 5 heteroatoms. The van der Waals surface area contributed by atoms with E-state index in [4.69, 9.17) is 0 Å². The van der Waals surface area contributed by atoms with Crippen molar-refractivity contribution in [3.05, 3.63) is 96.2 Å². The van der Waals surface area contributed by atoms with Crippen molar-refractivity contribution in [2.45, 2.75) is 25.9 Å². The Bertz CT molecular complexity index is 1210. The number of aromatic amines is 1. The summed E-state index contributed by atoms with van der Waals surface area (Å²) in [7, 11) is 1.78. The van der Waals surface area contributed by atoms with Crippen LogP contribution in [0.25, 0.3) is 22.0 Å². The highest BCUT2D eigenvalue weighted by molar-refractivity contribution is 5.89. The number of nitrogens with zero attached hydrogens (tertiary/aromatic N) is 1. The molecule has 3 aromatic carbocycles. The molecule has 0 saturated carbocycles. The van der Waals surface area contributed by atoms with Gasteiger partial charge < -0.3 is 15.2 Å². The number of fused-ring (bicyclic) bond motifs is 1. The Morgan fingerprint density at radius 3 is 2.28 bits per heavy atom. The van der Waals surface area contributed by atoms with Crippen molar-refractivity contribution < 1.29 is 9.59 Å². The molecule has 1 heterocycles. The van der Waals surface area contributed by atoms with E-state index in [2.05, 4.69) is 34.6 Å². The van der Waals surface area contributed by atoms with Crippen LogP contribution in [0.5, 0.6) is 0 Å². The molecule has 0 saturated heterocycles. The lowest BCUT2D eigenvalue weighted by Crippen LogP contribution is -2.47. The van der Waals surface area contributed by atoms with Gasteiger partial charge >= 0.3 is 0 Å². The first-order valence-corrected chi connectivity index (χ1v) is 10.7. The van der Waals surface area contributed by atoms with Crippen LogP contribution < -0.4 is 5.32 Å². The van der Waals surface area contributed by atoms with Crippen LogP contribution in [-0.2, 0) is 22.6 Å². The Labute approximate surface area is 188 Å². The number of amides is 2. The van der Waals surface area contributed by atoms with Gasteiger partial charge in [0.25, 0.3) is 0 Å². The molecular weight excluding hydrogens is 398 g/mol. The van der Waals surface area contributed by atoms with E-state index < -0.39 is 6.04 Å². The summed E-state index contributed by atoms with van der Waals surface area (Å²) in [5.74, 6) is -0.332. The first-order chi connectivity index (χ1) is 15.5. The number of carbonyl (C=O) groups is 2. The second kappa shape index (κ2) is 9.52. The molecule has 0 aliphatic rings. The summed E-state index contributed by atoms with van der Waals surface area (Å²) >= 11 is 0. The fraction of sp³-hybridized carbons (Fsp3) is 0.185. The molecule has 162 valence electrons. The van der Waals surface area contributed by atoms with E-state index in [1.807, 2.05) is 60.8 Å². The predicted octanol–water partition coefficient (Wildman–Crippen LogP) is 4.54. The van der Waals surface area contributed by atoms with Crippen LogP contribution in [0.3, 0.4) is 0 Å². The van der Waals surface area contributed by atoms with Gasteiger partial charge in [-0.15, -0.1) is 0 Å². The third-order valence-corrected chi connectivity index (χ3v) is 5.63. The van der Waals surface area contributed by atoms with E-state index in [0.717, 1.165) is 33.2 Å². The summed E-state index contributed by atoms with van der Waals surface area (Å²) in [5.41, 5.74) is 5.36. The van der Waals surface area contributed by atoms with Gasteiger partial charge in [0.15, 0.2) is 0 Å². The minimum Gasteiger partial charge on any atom is -0.361 e. The fourth-order valence-corrected chi connectivity index (χ4v) is 4.02. The molecule has 2 N–H and O–H groups in total. The van der Waals surface area contributed by atoms with E-state index >= 15 is 0 Å². The van der Waals surface area contributed by atoms with Crippen molar-refractivity contribution in [1.82, 2.24) is 15.2 Å². The van der Waals surface area contributed by atoms with Gasteiger partial charge in [0, 0.05) is 44.0 Å². The van der Waals surface area contributed by atoms with Crippen molar-refractivity contribution in [3.63, 3.8) is 0 Å². The predicted molar refractivity (Wildman–Crippen MR) is 128 cm³/mol. The number of rotatable bonds is 7. The lowest BCUT2D eigenvalue weighted by molar-refractivity contribution is -0.135. The average molecular weight is 426 g/mol. The second-order valence-corrected chi connectivity index (χ2v) is 8.07. The van der Waals surface area contributed by atoms with E-state index in [1.165, 1.54) is 6.92 Å².